The number of hydrogen-bond acceptors (Lipinski definition) is 3. The molecule has 3 nitrogen and oxygen atoms in total. The van der Waals surface area contributed by atoms with Gasteiger partial charge in [-0.2, -0.15) is 0 Å². The van der Waals surface area contributed by atoms with Crippen LogP contribution in [0.1, 0.15) is 18.7 Å². The lowest BCUT2D eigenvalue weighted by Gasteiger charge is -2.11. The zero-order chi connectivity index (χ0) is 12.0. The number of hydrogen-bond donors (Lipinski definition) is 1. The first kappa shape index (κ1) is 13.6. The van der Waals surface area contributed by atoms with Crippen LogP contribution in [-0.4, -0.2) is 26.2 Å². The molecular weight excluding hydrogens is 284 g/mol. The fourth-order valence-corrected chi connectivity index (χ4v) is 1.50. The maximum absolute atomic E-state index is 11.7. The van der Waals surface area contributed by atoms with E-state index in [2.05, 4.69) is 21.2 Å². The van der Waals surface area contributed by atoms with Crippen molar-refractivity contribution in [2.24, 2.45) is 0 Å². The molecule has 0 spiro atoms. The zero-order valence-electron chi connectivity index (χ0n) is 8.88. The Labute approximate surface area is 101 Å². The Kier molecular flexibility index (Phi) is 5.94. The Morgan fingerprint density at radius 2 is 2.25 bits per heavy atom. The molecule has 16 heavy (non-hydrogen) atoms. The molecule has 0 bridgehead atoms. The maximum Gasteiger partial charge on any atom is 0.261 e. The monoisotopic (exact) mass is 297 g/mol. The maximum atomic E-state index is 11.7. The molecule has 1 atom stereocenters. The largest absolute Gasteiger partial charge is 0.453 e. The summed E-state index contributed by atoms with van der Waals surface area (Å²) in [5, 5.41) is 3.10. The highest BCUT2D eigenvalue weighted by Crippen LogP contribution is 2.19. The third-order valence-electron chi connectivity index (χ3n) is 1.96. The van der Waals surface area contributed by atoms with Crippen LogP contribution in [0.4, 0.5) is 8.78 Å². The van der Waals surface area contributed by atoms with E-state index < -0.39 is 13.0 Å². The standard InChI is InChI=1S/C10H14BrF2NO2/c1-7(8-2-3-9(11)16-8)14-4-5-15-6-10(12)13/h2-3,7,10,14H,4-6H2,1H3. The second-order valence-corrected chi connectivity index (χ2v) is 4.07. The number of nitrogens with one attached hydrogen (secondary N) is 1. The van der Waals surface area contributed by atoms with Crippen molar-refractivity contribution in [3.63, 3.8) is 0 Å². The van der Waals surface area contributed by atoms with Crippen molar-refractivity contribution < 1.29 is 17.9 Å². The van der Waals surface area contributed by atoms with Gasteiger partial charge in [0.15, 0.2) is 4.67 Å². The summed E-state index contributed by atoms with van der Waals surface area (Å²) >= 11 is 3.21. The first-order chi connectivity index (χ1) is 7.59. The van der Waals surface area contributed by atoms with Crippen molar-refractivity contribution in [3.8, 4) is 0 Å². The lowest BCUT2D eigenvalue weighted by atomic mass is 10.2. The minimum Gasteiger partial charge on any atom is -0.453 e. The lowest BCUT2D eigenvalue weighted by molar-refractivity contribution is 0.0182. The van der Waals surface area contributed by atoms with Gasteiger partial charge in [0, 0.05) is 6.54 Å². The number of ether oxygens (including phenoxy) is 1. The minimum atomic E-state index is -2.40. The normalized spacial score (nSPS) is 13.3. The molecule has 0 radical (unpaired) electrons. The fraction of sp³-hybridized carbons (Fsp3) is 0.600. The number of alkyl halides is 2. The molecule has 92 valence electrons. The van der Waals surface area contributed by atoms with Gasteiger partial charge in [-0.1, -0.05) is 0 Å². The Morgan fingerprint density at radius 1 is 1.50 bits per heavy atom. The predicted molar refractivity (Wildman–Crippen MR) is 59.6 cm³/mol. The predicted octanol–water partition coefficient (Wildman–Crippen LogP) is 2.97. The van der Waals surface area contributed by atoms with Crippen LogP contribution in [0, 0.1) is 0 Å². The van der Waals surface area contributed by atoms with Crippen LogP contribution < -0.4 is 5.32 Å². The van der Waals surface area contributed by atoms with Crippen molar-refractivity contribution in [2.75, 3.05) is 19.8 Å². The van der Waals surface area contributed by atoms with Gasteiger partial charge in [-0.25, -0.2) is 8.78 Å². The Bertz CT molecular complexity index is 307. The van der Waals surface area contributed by atoms with Gasteiger partial charge in [0.2, 0.25) is 0 Å². The van der Waals surface area contributed by atoms with Gasteiger partial charge >= 0.3 is 0 Å². The second-order valence-electron chi connectivity index (χ2n) is 3.28. The van der Waals surface area contributed by atoms with Gasteiger partial charge in [0.05, 0.1) is 12.6 Å². The number of furan rings is 1. The Morgan fingerprint density at radius 3 is 2.81 bits per heavy atom. The topological polar surface area (TPSA) is 34.4 Å². The highest BCUT2D eigenvalue weighted by molar-refractivity contribution is 9.10. The molecule has 0 saturated heterocycles. The van der Waals surface area contributed by atoms with E-state index >= 15 is 0 Å². The third kappa shape index (κ3) is 5.05. The molecule has 1 aromatic heterocycles. The fourth-order valence-electron chi connectivity index (χ4n) is 1.18. The summed E-state index contributed by atoms with van der Waals surface area (Å²) in [6, 6.07) is 3.68. The highest BCUT2D eigenvalue weighted by Gasteiger charge is 2.08. The van der Waals surface area contributed by atoms with Crippen molar-refractivity contribution in [1.82, 2.24) is 5.32 Å². The summed E-state index contributed by atoms with van der Waals surface area (Å²) in [4.78, 5) is 0. The van der Waals surface area contributed by atoms with Crippen molar-refractivity contribution in [2.45, 2.75) is 19.4 Å². The molecule has 0 aliphatic heterocycles. The van der Waals surface area contributed by atoms with Gasteiger partial charge in [-0.15, -0.1) is 0 Å². The van der Waals surface area contributed by atoms with E-state index in [4.69, 9.17) is 9.15 Å². The lowest BCUT2D eigenvalue weighted by Crippen LogP contribution is -2.23. The van der Waals surface area contributed by atoms with E-state index in [1.165, 1.54) is 0 Å². The quantitative estimate of drug-likeness (QED) is 0.786. The van der Waals surface area contributed by atoms with Crippen LogP contribution in [0.15, 0.2) is 21.2 Å². The average molecular weight is 298 g/mol. The van der Waals surface area contributed by atoms with Gasteiger partial charge in [-0.3, -0.25) is 0 Å². The Hall–Kier alpha value is -0.460. The van der Waals surface area contributed by atoms with E-state index in [-0.39, 0.29) is 12.6 Å². The first-order valence-electron chi connectivity index (χ1n) is 4.94. The van der Waals surface area contributed by atoms with Crippen LogP contribution in [0.2, 0.25) is 0 Å². The molecule has 1 unspecified atom stereocenters. The molecule has 6 heteroatoms. The molecule has 1 rings (SSSR count). The summed E-state index contributed by atoms with van der Waals surface area (Å²) < 4.78 is 34.2. The van der Waals surface area contributed by atoms with Gasteiger partial charge in [0.25, 0.3) is 6.43 Å². The summed E-state index contributed by atoms with van der Waals surface area (Å²) in [5.41, 5.74) is 0. The zero-order valence-corrected chi connectivity index (χ0v) is 10.5. The van der Waals surface area contributed by atoms with Gasteiger partial charge < -0.3 is 14.5 Å². The van der Waals surface area contributed by atoms with Crippen LogP contribution >= 0.6 is 15.9 Å². The molecule has 1 N–H and O–H groups in total. The van der Waals surface area contributed by atoms with Crippen molar-refractivity contribution in [1.29, 1.82) is 0 Å². The van der Waals surface area contributed by atoms with Crippen LogP contribution in [0.25, 0.3) is 0 Å². The van der Waals surface area contributed by atoms with E-state index in [9.17, 15) is 8.78 Å². The van der Waals surface area contributed by atoms with E-state index in [1.54, 1.807) is 6.07 Å². The second kappa shape index (κ2) is 6.98. The van der Waals surface area contributed by atoms with Crippen LogP contribution in [0.3, 0.4) is 0 Å². The molecule has 1 aromatic rings. The van der Waals surface area contributed by atoms with Gasteiger partial charge in [-0.05, 0) is 35.0 Å². The van der Waals surface area contributed by atoms with E-state index in [0.29, 0.717) is 11.2 Å². The molecule has 0 aromatic carbocycles. The first-order valence-corrected chi connectivity index (χ1v) is 5.73. The van der Waals surface area contributed by atoms with Gasteiger partial charge in [0.1, 0.15) is 12.4 Å². The van der Waals surface area contributed by atoms with Crippen LogP contribution in [-0.2, 0) is 4.74 Å². The van der Waals surface area contributed by atoms with E-state index in [0.717, 1.165) is 5.76 Å². The average Bonchev–Trinajstić information content (AvgIpc) is 2.63. The van der Waals surface area contributed by atoms with E-state index in [1.807, 2.05) is 13.0 Å². The van der Waals surface area contributed by atoms with Crippen molar-refractivity contribution >= 4 is 15.9 Å². The summed E-state index contributed by atoms with van der Waals surface area (Å²) in [6.45, 7) is 2.18. The number of rotatable bonds is 7. The third-order valence-corrected chi connectivity index (χ3v) is 2.39. The SMILES string of the molecule is CC(NCCOCC(F)F)c1ccc(Br)o1. The molecule has 1 heterocycles. The highest BCUT2D eigenvalue weighted by atomic mass is 79.9. The minimum absolute atomic E-state index is 0.0291. The van der Waals surface area contributed by atoms with Crippen molar-refractivity contribution in [3.05, 3.63) is 22.6 Å². The summed E-state index contributed by atoms with van der Waals surface area (Å²) in [6.07, 6.45) is -2.40. The Balaban J connectivity index is 2.13. The molecule has 0 aliphatic rings. The molecule has 0 amide bonds. The molecule has 0 aliphatic carbocycles. The summed E-state index contributed by atoms with van der Waals surface area (Å²) in [7, 11) is 0. The molecular formula is C10H14BrF2NO2. The van der Waals surface area contributed by atoms with Crippen LogP contribution in [0.5, 0.6) is 0 Å². The summed E-state index contributed by atoms with van der Waals surface area (Å²) in [5.74, 6) is 0.792. The smallest absolute Gasteiger partial charge is 0.261 e. The molecule has 0 saturated carbocycles. The molecule has 0 fully saturated rings. The number of halogens is 3.